The number of amides is 2. The number of nitrogens with zero attached hydrogens (tertiary/aromatic N) is 2. The third-order valence-corrected chi connectivity index (χ3v) is 8.39. The van der Waals surface area contributed by atoms with Gasteiger partial charge < -0.3 is 21.1 Å². The number of aryl methyl sites for hydroxylation is 1. The first-order chi connectivity index (χ1) is 23.0. The van der Waals surface area contributed by atoms with Crippen LogP contribution in [-0.2, 0) is 47.9 Å². The highest BCUT2D eigenvalue weighted by atomic mass is 32.2. The average molecular weight is 696 g/mol. The van der Waals surface area contributed by atoms with Crippen molar-refractivity contribution in [1.29, 1.82) is 5.41 Å². The first-order valence-corrected chi connectivity index (χ1v) is 17.0. The number of hydrogen-bond acceptors (Lipinski definition) is 10. The topological polar surface area (TPSA) is 237 Å². The Kier molecular flexibility index (Phi) is 13.5. The van der Waals surface area contributed by atoms with Crippen LogP contribution in [0.1, 0.15) is 62.3 Å². The maximum Gasteiger partial charge on any atom is 0.306 e. The van der Waals surface area contributed by atoms with E-state index < -0.39 is 56.2 Å². The largest absolute Gasteiger partial charge is 0.460 e. The molecule has 0 saturated heterocycles. The fourth-order valence-electron chi connectivity index (χ4n) is 4.61. The lowest BCUT2D eigenvalue weighted by molar-refractivity contribution is -0.384. The quantitative estimate of drug-likeness (QED) is 0.0455. The second-order valence-corrected chi connectivity index (χ2v) is 14.0. The lowest BCUT2D eigenvalue weighted by Crippen LogP contribution is -2.54. The Balaban J connectivity index is 1.80. The number of aromatic nitrogens is 1. The highest BCUT2D eigenvalue weighted by Crippen LogP contribution is 2.16. The molecule has 262 valence electrons. The number of carbonyl (C=O) groups is 3. The molecule has 15 nitrogen and oxygen atoms in total. The summed E-state index contributed by atoms with van der Waals surface area (Å²) in [7, 11) is -4.17. The number of carbonyl (C=O) groups excluding carboxylic acids is 3. The number of nitrogens with two attached hydrogens (primary N) is 1. The van der Waals surface area contributed by atoms with Gasteiger partial charge in [-0.05, 0) is 68.9 Å². The van der Waals surface area contributed by atoms with Gasteiger partial charge in [0.25, 0.3) is 5.69 Å². The number of esters is 1. The Morgan fingerprint density at radius 1 is 0.918 bits per heavy atom. The summed E-state index contributed by atoms with van der Waals surface area (Å²) in [6.07, 6.45) is 3.07. The highest BCUT2D eigenvalue weighted by Gasteiger charge is 2.30. The van der Waals surface area contributed by atoms with Crippen molar-refractivity contribution in [3.63, 3.8) is 0 Å². The summed E-state index contributed by atoms with van der Waals surface area (Å²) in [6, 6.07) is 12.5. The normalized spacial score (nSPS) is 12.7. The molecular formula is C33H41N7O8S. The van der Waals surface area contributed by atoms with E-state index in [4.69, 9.17) is 15.9 Å². The molecule has 0 aliphatic heterocycles. The number of nitrogen functional groups attached to an aromatic ring is 1. The predicted molar refractivity (Wildman–Crippen MR) is 182 cm³/mol. The molecule has 6 N–H and O–H groups in total. The van der Waals surface area contributed by atoms with Crippen molar-refractivity contribution in [3.8, 4) is 0 Å². The molecule has 0 bridgehead atoms. The minimum absolute atomic E-state index is 0.0121. The van der Waals surface area contributed by atoms with Gasteiger partial charge in [-0.3, -0.25) is 34.9 Å². The number of nitrogens with one attached hydrogen (secondary N) is 4. The van der Waals surface area contributed by atoms with Crippen molar-refractivity contribution in [2.45, 2.75) is 76.4 Å². The first kappa shape index (κ1) is 38.2. The van der Waals surface area contributed by atoms with Crippen LogP contribution in [0, 0.1) is 15.5 Å². The minimum atomic E-state index is -4.17. The lowest BCUT2D eigenvalue weighted by Gasteiger charge is -2.24. The second kappa shape index (κ2) is 17.3. The molecule has 49 heavy (non-hydrogen) atoms. The van der Waals surface area contributed by atoms with E-state index in [1.807, 2.05) is 0 Å². The fourth-order valence-corrected chi connectivity index (χ4v) is 5.98. The minimum Gasteiger partial charge on any atom is -0.460 e. The number of nitro groups is 1. The summed E-state index contributed by atoms with van der Waals surface area (Å²) in [4.78, 5) is 54.0. The summed E-state index contributed by atoms with van der Waals surface area (Å²) in [5.74, 6) is -2.67. The maximum atomic E-state index is 13.7. The van der Waals surface area contributed by atoms with Gasteiger partial charge in [0, 0.05) is 43.1 Å². The number of pyridine rings is 1. The Hall–Kier alpha value is -5.22. The summed E-state index contributed by atoms with van der Waals surface area (Å²) >= 11 is 0. The number of nitro benzene ring substituents is 1. The van der Waals surface area contributed by atoms with Crippen LogP contribution in [0.3, 0.4) is 0 Å². The van der Waals surface area contributed by atoms with Gasteiger partial charge in [-0.2, -0.15) is 0 Å². The number of non-ortho nitro benzene ring substituents is 1. The summed E-state index contributed by atoms with van der Waals surface area (Å²) in [5.41, 5.74) is 6.77. The van der Waals surface area contributed by atoms with Crippen LogP contribution in [0.25, 0.3) is 0 Å². The Bertz CT molecular complexity index is 1730. The van der Waals surface area contributed by atoms with E-state index in [2.05, 4.69) is 20.3 Å². The molecule has 2 amide bonds. The number of rotatable bonds is 17. The zero-order chi connectivity index (χ0) is 36.2. The standard InChI is InChI=1S/C33H41N7O8S/c1-33(2,3)48-29(41)15-14-27(31(42)37-20-23-4-9-25(10-5-23)30(34)35)38-32(43)28(13-8-22-16-18-36-19-17-22)39-49(46,47)21-24-6-11-26(12-7-24)40(44)45/h4-7,9-12,16-19,27-28,39H,8,13-15,20-21H2,1-3H3,(H3,34,35)(H,37,42)(H,38,43)/t27-,28+/m0/s1. The Morgan fingerprint density at radius 3 is 2.10 bits per heavy atom. The van der Waals surface area contributed by atoms with Crippen molar-refractivity contribution in [2.75, 3.05) is 0 Å². The van der Waals surface area contributed by atoms with Crippen LogP contribution in [0.2, 0.25) is 0 Å². The van der Waals surface area contributed by atoms with Crippen molar-refractivity contribution < 1.29 is 32.5 Å². The van der Waals surface area contributed by atoms with E-state index in [0.29, 0.717) is 11.1 Å². The van der Waals surface area contributed by atoms with Gasteiger partial charge in [0.2, 0.25) is 21.8 Å². The summed E-state index contributed by atoms with van der Waals surface area (Å²) in [6.45, 7) is 5.16. The molecule has 0 spiro atoms. The Morgan fingerprint density at radius 2 is 1.53 bits per heavy atom. The van der Waals surface area contributed by atoms with E-state index in [1.165, 1.54) is 24.3 Å². The molecular weight excluding hydrogens is 654 g/mol. The van der Waals surface area contributed by atoms with E-state index in [1.54, 1.807) is 69.6 Å². The monoisotopic (exact) mass is 695 g/mol. The predicted octanol–water partition coefficient (Wildman–Crippen LogP) is 2.62. The molecule has 16 heteroatoms. The molecule has 3 rings (SSSR count). The highest BCUT2D eigenvalue weighted by molar-refractivity contribution is 7.88. The van der Waals surface area contributed by atoms with Crippen molar-refractivity contribution >= 4 is 39.3 Å². The van der Waals surface area contributed by atoms with Crippen LogP contribution in [0.4, 0.5) is 5.69 Å². The number of sulfonamides is 1. The molecule has 2 aromatic carbocycles. The van der Waals surface area contributed by atoms with Crippen molar-refractivity contribution in [2.24, 2.45) is 5.73 Å². The van der Waals surface area contributed by atoms with Crippen molar-refractivity contribution in [1.82, 2.24) is 20.3 Å². The van der Waals surface area contributed by atoms with Gasteiger partial charge in [-0.25, -0.2) is 13.1 Å². The third-order valence-electron chi connectivity index (χ3n) is 7.04. The van der Waals surface area contributed by atoms with E-state index in [0.717, 1.165) is 5.56 Å². The zero-order valence-corrected chi connectivity index (χ0v) is 28.3. The Labute approximate surface area is 284 Å². The second-order valence-electron chi connectivity index (χ2n) is 12.3. The SMILES string of the molecule is CC(C)(C)OC(=O)CC[C@H](NC(=O)[C@@H](CCc1ccncc1)NS(=O)(=O)Cc1ccc([N+](=O)[O-])cc1)C(=O)NCc1ccc(C(=N)N)cc1. The molecule has 2 atom stereocenters. The fraction of sp³-hybridized carbons (Fsp3) is 0.364. The van der Waals surface area contributed by atoms with Gasteiger partial charge in [-0.15, -0.1) is 0 Å². The van der Waals surface area contributed by atoms with E-state index in [-0.39, 0.29) is 49.3 Å². The number of amidine groups is 1. The maximum absolute atomic E-state index is 13.7. The molecule has 0 aliphatic carbocycles. The van der Waals surface area contributed by atoms with Crippen LogP contribution in [-0.4, -0.2) is 59.6 Å². The summed E-state index contributed by atoms with van der Waals surface area (Å²) in [5, 5.41) is 23.9. The number of hydrogen-bond donors (Lipinski definition) is 5. The third kappa shape index (κ3) is 13.4. The van der Waals surface area contributed by atoms with E-state index in [9.17, 15) is 32.9 Å². The van der Waals surface area contributed by atoms with Gasteiger partial charge in [0.05, 0.1) is 10.7 Å². The summed E-state index contributed by atoms with van der Waals surface area (Å²) < 4.78 is 34.3. The molecule has 1 aromatic heterocycles. The van der Waals surface area contributed by atoms with Gasteiger partial charge in [0.15, 0.2) is 0 Å². The molecule has 1 heterocycles. The molecule has 0 radical (unpaired) electrons. The van der Waals surface area contributed by atoms with Gasteiger partial charge in [0.1, 0.15) is 23.5 Å². The van der Waals surface area contributed by atoms with Crippen LogP contribution in [0.5, 0.6) is 0 Å². The van der Waals surface area contributed by atoms with Gasteiger partial charge in [-0.1, -0.05) is 36.4 Å². The number of benzene rings is 2. The first-order valence-electron chi connectivity index (χ1n) is 15.4. The molecule has 0 aliphatic rings. The van der Waals surface area contributed by atoms with Crippen molar-refractivity contribution in [3.05, 3.63) is 105 Å². The van der Waals surface area contributed by atoms with E-state index >= 15 is 0 Å². The average Bonchev–Trinajstić information content (AvgIpc) is 3.03. The molecule has 0 fully saturated rings. The van der Waals surface area contributed by atoms with Crippen LogP contribution >= 0.6 is 0 Å². The lowest BCUT2D eigenvalue weighted by atomic mass is 10.0. The van der Waals surface area contributed by atoms with Crippen LogP contribution < -0.4 is 21.1 Å². The zero-order valence-electron chi connectivity index (χ0n) is 27.5. The molecule has 0 unspecified atom stereocenters. The number of ether oxygens (including phenoxy) is 1. The molecule has 3 aromatic rings. The molecule has 0 saturated carbocycles. The van der Waals surface area contributed by atoms with Crippen LogP contribution in [0.15, 0.2) is 73.1 Å². The van der Waals surface area contributed by atoms with Gasteiger partial charge >= 0.3 is 5.97 Å². The smallest absolute Gasteiger partial charge is 0.306 e.